The number of amidine groups is 1. The van der Waals surface area contributed by atoms with Gasteiger partial charge >= 0.3 is 0 Å². The van der Waals surface area contributed by atoms with E-state index in [9.17, 15) is 9.59 Å². The van der Waals surface area contributed by atoms with Crippen molar-refractivity contribution in [3.8, 4) is 17.2 Å². The highest BCUT2D eigenvalue weighted by molar-refractivity contribution is 8.15. The zero-order valence-electron chi connectivity index (χ0n) is 21.7. The summed E-state index contributed by atoms with van der Waals surface area (Å²) in [5.74, 6) is 1.49. The number of nitrogens with zero attached hydrogens (tertiary/aromatic N) is 2. The van der Waals surface area contributed by atoms with Gasteiger partial charge in [-0.3, -0.25) is 14.5 Å². The molecular formula is C29H31N3O5S. The van der Waals surface area contributed by atoms with E-state index < -0.39 is 5.25 Å². The van der Waals surface area contributed by atoms with Crippen LogP contribution in [0.4, 0.5) is 11.4 Å². The molecule has 1 aliphatic heterocycles. The summed E-state index contributed by atoms with van der Waals surface area (Å²) in [4.78, 5) is 32.9. The summed E-state index contributed by atoms with van der Waals surface area (Å²) < 4.78 is 16.4. The third-order valence-corrected chi connectivity index (χ3v) is 6.98. The lowest BCUT2D eigenvalue weighted by atomic mass is 10.1. The smallest absolute Gasteiger partial charge is 0.238 e. The molecule has 1 unspecified atom stereocenters. The summed E-state index contributed by atoms with van der Waals surface area (Å²) in [5, 5.41) is 2.76. The number of thioether (sulfide) groups is 1. The predicted molar refractivity (Wildman–Crippen MR) is 150 cm³/mol. The standard InChI is InChI=1S/C29H31N3O5S/c1-4-16-37-23-13-11-22(12-14-23)30-28(34)26-18-27(33)32(29(38-26)31-21-8-6-5-7-9-21)19-20-10-15-24(35-2)25(17-20)36-3/h5-15,17,26H,4,16,18-19H2,1-3H3,(H,30,34). The average molecular weight is 534 g/mol. The highest BCUT2D eigenvalue weighted by Gasteiger charge is 2.36. The molecule has 1 fully saturated rings. The number of hydrogen-bond donors (Lipinski definition) is 1. The van der Waals surface area contributed by atoms with Crippen LogP contribution in [0.1, 0.15) is 25.3 Å². The van der Waals surface area contributed by atoms with Crippen molar-refractivity contribution in [1.82, 2.24) is 4.90 Å². The first-order valence-electron chi connectivity index (χ1n) is 12.4. The minimum atomic E-state index is -0.623. The highest BCUT2D eigenvalue weighted by Crippen LogP contribution is 2.33. The molecule has 0 saturated carbocycles. The third kappa shape index (κ3) is 6.86. The van der Waals surface area contributed by atoms with E-state index in [1.54, 1.807) is 37.3 Å². The predicted octanol–water partition coefficient (Wildman–Crippen LogP) is 5.65. The Balaban J connectivity index is 1.54. The third-order valence-electron chi connectivity index (χ3n) is 5.80. The zero-order valence-corrected chi connectivity index (χ0v) is 22.5. The maximum atomic E-state index is 13.4. The van der Waals surface area contributed by atoms with Gasteiger partial charge in [-0.15, -0.1) is 0 Å². The molecule has 0 bridgehead atoms. The van der Waals surface area contributed by atoms with E-state index in [-0.39, 0.29) is 24.8 Å². The van der Waals surface area contributed by atoms with Crippen molar-refractivity contribution >= 4 is 40.1 Å². The first-order valence-corrected chi connectivity index (χ1v) is 13.2. The summed E-state index contributed by atoms with van der Waals surface area (Å²) in [7, 11) is 3.15. The second-order valence-electron chi connectivity index (χ2n) is 8.57. The first-order chi connectivity index (χ1) is 18.5. The number of anilines is 1. The maximum absolute atomic E-state index is 13.4. The monoisotopic (exact) mass is 533 g/mol. The molecule has 1 N–H and O–H groups in total. The fraction of sp³-hybridized carbons (Fsp3) is 0.276. The zero-order chi connectivity index (χ0) is 26.9. The maximum Gasteiger partial charge on any atom is 0.238 e. The van der Waals surface area contributed by atoms with Crippen molar-refractivity contribution in [3.63, 3.8) is 0 Å². The van der Waals surface area contributed by atoms with Crippen LogP contribution >= 0.6 is 11.8 Å². The Morgan fingerprint density at radius 2 is 1.76 bits per heavy atom. The fourth-order valence-corrected chi connectivity index (χ4v) is 4.95. The van der Waals surface area contributed by atoms with Crippen LogP contribution in [-0.2, 0) is 16.1 Å². The van der Waals surface area contributed by atoms with Crippen LogP contribution in [0.3, 0.4) is 0 Å². The van der Waals surface area contributed by atoms with Crippen LogP contribution in [0.5, 0.6) is 17.2 Å². The molecule has 0 spiro atoms. The van der Waals surface area contributed by atoms with E-state index >= 15 is 0 Å². The molecule has 0 aliphatic carbocycles. The molecule has 1 atom stereocenters. The molecule has 2 amide bonds. The fourth-order valence-electron chi connectivity index (χ4n) is 3.85. The normalized spacial score (nSPS) is 16.3. The number of amides is 2. The Hall–Kier alpha value is -3.98. The lowest BCUT2D eigenvalue weighted by Crippen LogP contribution is -2.44. The number of carbonyl (C=O) groups is 2. The Kier molecular flexibility index (Phi) is 9.26. The summed E-state index contributed by atoms with van der Waals surface area (Å²) in [5.41, 5.74) is 2.19. The van der Waals surface area contributed by atoms with Gasteiger partial charge in [-0.2, -0.15) is 0 Å². The number of benzene rings is 3. The van der Waals surface area contributed by atoms with E-state index in [4.69, 9.17) is 19.2 Å². The Labute approximate surface area is 227 Å². The number of hydrogen-bond acceptors (Lipinski definition) is 7. The summed E-state index contributed by atoms with van der Waals surface area (Å²) in [6, 6.07) is 22.1. The molecule has 1 saturated heterocycles. The van der Waals surface area contributed by atoms with Crippen molar-refractivity contribution in [2.45, 2.75) is 31.6 Å². The number of nitrogens with one attached hydrogen (secondary N) is 1. The van der Waals surface area contributed by atoms with E-state index in [0.717, 1.165) is 17.7 Å². The van der Waals surface area contributed by atoms with E-state index in [0.29, 0.717) is 34.6 Å². The Bertz CT molecular complexity index is 1280. The largest absolute Gasteiger partial charge is 0.494 e. The van der Waals surface area contributed by atoms with Crippen molar-refractivity contribution in [3.05, 3.63) is 78.4 Å². The number of carbonyl (C=O) groups excluding carboxylic acids is 2. The van der Waals surface area contributed by atoms with E-state index in [1.165, 1.54) is 11.8 Å². The average Bonchev–Trinajstić information content (AvgIpc) is 2.94. The number of para-hydroxylation sites is 1. The van der Waals surface area contributed by atoms with Gasteiger partial charge < -0.3 is 19.5 Å². The van der Waals surface area contributed by atoms with E-state index in [1.807, 2.05) is 61.5 Å². The van der Waals surface area contributed by atoms with Crippen molar-refractivity contribution < 1.29 is 23.8 Å². The molecule has 198 valence electrons. The molecule has 9 heteroatoms. The van der Waals surface area contributed by atoms with Gasteiger partial charge in [0.1, 0.15) is 11.0 Å². The molecule has 4 rings (SSSR count). The van der Waals surface area contributed by atoms with Gasteiger partial charge in [-0.1, -0.05) is 43.0 Å². The Morgan fingerprint density at radius 3 is 2.45 bits per heavy atom. The second-order valence-corrected chi connectivity index (χ2v) is 9.74. The summed E-state index contributed by atoms with van der Waals surface area (Å²) in [6.45, 7) is 2.96. The van der Waals surface area contributed by atoms with Gasteiger partial charge in [-0.25, -0.2) is 4.99 Å². The lowest BCUT2D eigenvalue weighted by Gasteiger charge is -2.32. The lowest BCUT2D eigenvalue weighted by molar-refractivity contribution is -0.129. The quantitative estimate of drug-likeness (QED) is 0.362. The van der Waals surface area contributed by atoms with Crippen LogP contribution in [-0.4, -0.2) is 48.0 Å². The van der Waals surface area contributed by atoms with Crippen molar-refractivity contribution in [2.24, 2.45) is 4.99 Å². The number of methoxy groups -OCH3 is 2. The topological polar surface area (TPSA) is 89.5 Å². The molecule has 1 aliphatic rings. The first kappa shape index (κ1) is 27.1. The van der Waals surface area contributed by atoms with Gasteiger partial charge in [0.05, 0.1) is 33.1 Å². The minimum absolute atomic E-state index is 0.0509. The van der Waals surface area contributed by atoms with Crippen LogP contribution in [0.15, 0.2) is 77.8 Å². The Morgan fingerprint density at radius 1 is 1.03 bits per heavy atom. The molecule has 8 nitrogen and oxygen atoms in total. The summed E-state index contributed by atoms with van der Waals surface area (Å²) >= 11 is 1.28. The molecule has 0 aromatic heterocycles. The van der Waals surface area contributed by atoms with Gasteiger partial charge in [0, 0.05) is 12.1 Å². The summed E-state index contributed by atoms with van der Waals surface area (Å²) in [6.07, 6.45) is 0.969. The second kappa shape index (κ2) is 13.0. The molecule has 38 heavy (non-hydrogen) atoms. The van der Waals surface area contributed by atoms with Gasteiger partial charge in [0.25, 0.3) is 0 Å². The molecule has 0 radical (unpaired) electrons. The van der Waals surface area contributed by atoms with Crippen LogP contribution < -0.4 is 19.5 Å². The van der Waals surface area contributed by atoms with Gasteiger partial charge in [0.2, 0.25) is 11.8 Å². The van der Waals surface area contributed by atoms with Gasteiger partial charge in [0.15, 0.2) is 16.7 Å². The number of rotatable bonds is 10. The SMILES string of the molecule is CCCOc1ccc(NC(=O)C2CC(=O)N(Cc3ccc(OC)c(OC)c3)C(=Nc3ccccc3)S2)cc1. The number of ether oxygens (including phenoxy) is 3. The molecule has 3 aromatic carbocycles. The molecule has 1 heterocycles. The van der Waals surface area contributed by atoms with Gasteiger partial charge in [-0.05, 0) is 60.5 Å². The van der Waals surface area contributed by atoms with Crippen LogP contribution in [0.2, 0.25) is 0 Å². The van der Waals surface area contributed by atoms with Crippen LogP contribution in [0, 0.1) is 0 Å². The van der Waals surface area contributed by atoms with Crippen molar-refractivity contribution in [1.29, 1.82) is 0 Å². The highest BCUT2D eigenvalue weighted by atomic mass is 32.2. The van der Waals surface area contributed by atoms with Crippen molar-refractivity contribution in [2.75, 3.05) is 26.1 Å². The minimum Gasteiger partial charge on any atom is -0.494 e. The number of aliphatic imine (C=N–C) groups is 1. The molecule has 3 aromatic rings. The van der Waals surface area contributed by atoms with Crippen LogP contribution in [0.25, 0.3) is 0 Å². The van der Waals surface area contributed by atoms with E-state index in [2.05, 4.69) is 5.32 Å². The molecular weight excluding hydrogens is 502 g/mol.